The molecule has 1 aliphatic rings. The molecule has 1 atom stereocenters. The highest BCUT2D eigenvalue weighted by atomic mass is 79.9. The molecule has 1 amide bonds. The van der Waals surface area contributed by atoms with Crippen molar-refractivity contribution in [3.63, 3.8) is 0 Å². The fourth-order valence-electron chi connectivity index (χ4n) is 2.44. The molecule has 2 rings (SSSR count). The standard InChI is InChI=1S/C15H16BrN3O2/c1-9-12(8-17)15(21)19(10(2)14(9)16)18-13(20)7-11-5-3-4-6-11/h3,5,11H,4,6-7H2,1-2H3,(H,18,20)/t11-/m0/s1. The van der Waals surface area contributed by atoms with E-state index >= 15 is 0 Å². The zero-order valence-corrected chi connectivity index (χ0v) is 13.5. The van der Waals surface area contributed by atoms with Gasteiger partial charge >= 0.3 is 0 Å². The largest absolute Gasteiger partial charge is 0.287 e. The summed E-state index contributed by atoms with van der Waals surface area (Å²) in [4.78, 5) is 24.3. The summed E-state index contributed by atoms with van der Waals surface area (Å²) in [7, 11) is 0. The van der Waals surface area contributed by atoms with E-state index in [2.05, 4.69) is 27.4 Å². The van der Waals surface area contributed by atoms with Crippen LogP contribution in [0.15, 0.2) is 21.4 Å². The number of rotatable bonds is 3. The van der Waals surface area contributed by atoms with Gasteiger partial charge in [0, 0.05) is 10.9 Å². The van der Waals surface area contributed by atoms with E-state index in [1.54, 1.807) is 13.8 Å². The summed E-state index contributed by atoms with van der Waals surface area (Å²) in [6, 6.07) is 1.89. The maximum atomic E-state index is 12.3. The number of halogens is 1. The van der Waals surface area contributed by atoms with Crippen molar-refractivity contribution in [3.05, 3.63) is 43.8 Å². The number of aromatic nitrogens is 1. The van der Waals surface area contributed by atoms with Crippen molar-refractivity contribution in [3.8, 4) is 6.07 Å². The Morgan fingerprint density at radius 2 is 2.29 bits per heavy atom. The van der Waals surface area contributed by atoms with Crippen molar-refractivity contribution in [2.24, 2.45) is 5.92 Å². The van der Waals surface area contributed by atoms with Crippen LogP contribution < -0.4 is 11.0 Å². The summed E-state index contributed by atoms with van der Waals surface area (Å²) in [5.74, 6) is 0.00160. The monoisotopic (exact) mass is 349 g/mol. The Labute approximate surface area is 131 Å². The molecule has 0 radical (unpaired) electrons. The van der Waals surface area contributed by atoms with Gasteiger partial charge in [-0.1, -0.05) is 12.2 Å². The third-order valence-electron chi connectivity index (χ3n) is 3.68. The van der Waals surface area contributed by atoms with E-state index in [0.29, 0.717) is 22.2 Å². The number of carbonyl (C=O) groups is 1. The lowest BCUT2D eigenvalue weighted by molar-refractivity contribution is -0.117. The fourth-order valence-corrected chi connectivity index (χ4v) is 2.82. The Morgan fingerprint density at radius 1 is 1.57 bits per heavy atom. The Bertz CT molecular complexity index is 713. The molecule has 1 N–H and O–H groups in total. The van der Waals surface area contributed by atoms with Gasteiger partial charge in [0.05, 0.1) is 5.69 Å². The summed E-state index contributed by atoms with van der Waals surface area (Å²) in [6.07, 6.45) is 6.39. The summed E-state index contributed by atoms with van der Waals surface area (Å²) >= 11 is 3.36. The molecule has 0 saturated heterocycles. The van der Waals surface area contributed by atoms with Gasteiger partial charge in [0.1, 0.15) is 11.6 Å². The lowest BCUT2D eigenvalue weighted by atomic mass is 10.1. The average Bonchev–Trinajstić information content (AvgIpc) is 2.95. The zero-order chi connectivity index (χ0) is 15.6. The topological polar surface area (TPSA) is 74.9 Å². The third-order valence-corrected chi connectivity index (χ3v) is 4.85. The minimum atomic E-state index is -0.494. The van der Waals surface area contributed by atoms with E-state index in [9.17, 15) is 9.59 Å². The molecule has 0 spiro atoms. The summed E-state index contributed by atoms with van der Waals surface area (Å²) in [5.41, 5.74) is 3.30. The molecule has 0 saturated carbocycles. The third kappa shape index (κ3) is 3.08. The van der Waals surface area contributed by atoms with Crippen molar-refractivity contribution in [2.75, 3.05) is 5.43 Å². The summed E-state index contributed by atoms with van der Waals surface area (Å²) in [5, 5.41) is 9.10. The Hall–Kier alpha value is -1.87. The van der Waals surface area contributed by atoms with Crippen LogP contribution in [0.1, 0.15) is 36.1 Å². The van der Waals surface area contributed by atoms with Gasteiger partial charge in [-0.3, -0.25) is 15.0 Å². The Balaban J connectivity index is 2.30. The molecular weight excluding hydrogens is 334 g/mol. The van der Waals surface area contributed by atoms with Gasteiger partial charge in [-0.05, 0) is 54.1 Å². The van der Waals surface area contributed by atoms with Crippen molar-refractivity contribution in [1.29, 1.82) is 5.26 Å². The van der Waals surface area contributed by atoms with Gasteiger partial charge in [-0.15, -0.1) is 0 Å². The Kier molecular flexibility index (Phi) is 4.63. The van der Waals surface area contributed by atoms with Crippen molar-refractivity contribution in [2.45, 2.75) is 33.1 Å². The lowest BCUT2D eigenvalue weighted by Gasteiger charge is -2.16. The number of carbonyl (C=O) groups excluding carboxylic acids is 1. The average molecular weight is 350 g/mol. The first-order valence-electron chi connectivity index (χ1n) is 6.74. The quantitative estimate of drug-likeness (QED) is 0.852. The predicted molar refractivity (Wildman–Crippen MR) is 83.4 cm³/mol. The normalized spacial score (nSPS) is 16.8. The highest BCUT2D eigenvalue weighted by molar-refractivity contribution is 9.10. The second-order valence-corrected chi connectivity index (χ2v) is 5.95. The van der Waals surface area contributed by atoms with Crippen LogP contribution in [0.2, 0.25) is 0 Å². The van der Waals surface area contributed by atoms with Gasteiger partial charge in [0.2, 0.25) is 5.91 Å². The van der Waals surface area contributed by atoms with Crippen LogP contribution in [0.4, 0.5) is 0 Å². The second kappa shape index (κ2) is 6.27. The van der Waals surface area contributed by atoms with Gasteiger partial charge < -0.3 is 0 Å². The number of allylic oxidation sites excluding steroid dienone is 2. The summed E-state index contributed by atoms with van der Waals surface area (Å²) in [6.45, 7) is 3.42. The molecule has 1 aromatic rings. The molecule has 1 aliphatic carbocycles. The van der Waals surface area contributed by atoms with E-state index in [1.165, 1.54) is 0 Å². The van der Waals surface area contributed by atoms with E-state index < -0.39 is 5.56 Å². The minimum Gasteiger partial charge on any atom is -0.273 e. The maximum absolute atomic E-state index is 12.3. The van der Waals surface area contributed by atoms with Gasteiger partial charge in [0.15, 0.2) is 0 Å². The smallest absolute Gasteiger partial charge is 0.273 e. The molecule has 0 unspecified atom stereocenters. The first-order chi connectivity index (χ1) is 9.95. The van der Waals surface area contributed by atoms with E-state index in [1.807, 2.05) is 12.1 Å². The molecule has 110 valence electrons. The van der Waals surface area contributed by atoms with Crippen LogP contribution in [0.25, 0.3) is 0 Å². The predicted octanol–water partition coefficient (Wildman–Crippen LogP) is 2.53. The molecule has 1 aromatic heterocycles. The van der Waals surface area contributed by atoms with Crippen molar-refractivity contribution < 1.29 is 4.79 Å². The summed E-state index contributed by atoms with van der Waals surface area (Å²) < 4.78 is 1.80. The molecule has 21 heavy (non-hydrogen) atoms. The molecule has 5 nitrogen and oxygen atoms in total. The molecular formula is C15H16BrN3O2. The number of hydrogen-bond donors (Lipinski definition) is 1. The van der Waals surface area contributed by atoms with Crippen LogP contribution in [0.3, 0.4) is 0 Å². The van der Waals surface area contributed by atoms with Crippen LogP contribution in [0, 0.1) is 31.1 Å². The fraction of sp³-hybridized carbons (Fsp3) is 0.400. The molecule has 0 bridgehead atoms. The van der Waals surface area contributed by atoms with Crippen LogP contribution in [-0.4, -0.2) is 10.6 Å². The number of nitrogens with zero attached hydrogens (tertiary/aromatic N) is 2. The van der Waals surface area contributed by atoms with Gasteiger partial charge in [-0.25, -0.2) is 4.68 Å². The van der Waals surface area contributed by atoms with Crippen molar-refractivity contribution in [1.82, 2.24) is 4.68 Å². The van der Waals surface area contributed by atoms with Crippen LogP contribution in [0.5, 0.6) is 0 Å². The number of nitrogens with one attached hydrogen (secondary N) is 1. The first kappa shape index (κ1) is 15.5. The van der Waals surface area contributed by atoms with E-state index in [-0.39, 0.29) is 17.4 Å². The first-order valence-corrected chi connectivity index (χ1v) is 7.53. The maximum Gasteiger partial charge on any atom is 0.287 e. The molecule has 0 fully saturated rings. The van der Waals surface area contributed by atoms with Gasteiger partial charge in [-0.2, -0.15) is 5.26 Å². The molecule has 0 aliphatic heterocycles. The van der Waals surface area contributed by atoms with Gasteiger partial charge in [0.25, 0.3) is 5.56 Å². The molecule has 1 heterocycles. The lowest BCUT2D eigenvalue weighted by Crippen LogP contribution is -2.37. The number of pyridine rings is 1. The molecule has 0 aromatic carbocycles. The highest BCUT2D eigenvalue weighted by Gasteiger charge is 2.18. The van der Waals surface area contributed by atoms with Crippen LogP contribution in [-0.2, 0) is 4.79 Å². The van der Waals surface area contributed by atoms with Crippen LogP contribution >= 0.6 is 15.9 Å². The zero-order valence-electron chi connectivity index (χ0n) is 11.9. The number of nitriles is 1. The molecule has 6 heteroatoms. The second-order valence-electron chi connectivity index (χ2n) is 5.16. The number of hydrogen-bond acceptors (Lipinski definition) is 3. The van der Waals surface area contributed by atoms with E-state index in [0.717, 1.165) is 17.5 Å². The SMILES string of the molecule is Cc1c(Br)c(C)n(NC(=O)C[C@H]2C=CCC2)c(=O)c1C#N. The highest BCUT2D eigenvalue weighted by Crippen LogP contribution is 2.22. The number of amides is 1. The minimum absolute atomic E-state index is 0.0357. The van der Waals surface area contributed by atoms with Crippen molar-refractivity contribution >= 4 is 21.8 Å². The van der Waals surface area contributed by atoms with E-state index in [4.69, 9.17) is 5.26 Å². The Morgan fingerprint density at radius 3 is 2.86 bits per heavy atom.